The zero-order valence-corrected chi connectivity index (χ0v) is 19.8. The Morgan fingerprint density at radius 3 is 2.70 bits per heavy atom. The molecule has 8 heteroatoms. The summed E-state index contributed by atoms with van der Waals surface area (Å²) < 4.78 is 7.36. The van der Waals surface area contributed by atoms with Crippen LogP contribution in [0, 0.1) is 0 Å². The summed E-state index contributed by atoms with van der Waals surface area (Å²) in [6.45, 7) is 4.82. The van der Waals surface area contributed by atoms with Gasteiger partial charge in [0.05, 0.1) is 23.6 Å². The number of anilines is 1. The monoisotopic (exact) mass is 461 g/mol. The number of methoxy groups -OCH3 is 1. The van der Waals surface area contributed by atoms with E-state index in [1.807, 2.05) is 61.5 Å². The first-order valence-corrected chi connectivity index (χ1v) is 11.9. The normalized spacial score (nSPS) is 12.0. The first kappa shape index (κ1) is 22.8. The lowest BCUT2D eigenvalue weighted by atomic mass is 10.2. The van der Waals surface area contributed by atoms with Crippen molar-refractivity contribution in [2.75, 3.05) is 12.4 Å². The Hall–Kier alpha value is -3.39. The highest BCUT2D eigenvalue weighted by atomic mass is 32.2. The second kappa shape index (κ2) is 10.5. The molecule has 2 heterocycles. The molecule has 7 nitrogen and oxygen atoms in total. The smallest absolute Gasteiger partial charge is 0.237 e. The van der Waals surface area contributed by atoms with Gasteiger partial charge in [-0.05, 0) is 61.9 Å². The number of carbonyl (C=O) groups is 1. The van der Waals surface area contributed by atoms with E-state index in [9.17, 15) is 4.79 Å². The number of unbranched alkanes of at least 4 members (excludes halogenated alkanes) is 1. The molecule has 0 aliphatic heterocycles. The number of rotatable bonds is 9. The van der Waals surface area contributed by atoms with E-state index >= 15 is 0 Å². The van der Waals surface area contributed by atoms with E-state index < -0.39 is 0 Å². The SMILES string of the molecule is CCCCn1c(SC(C)C(=O)Nc2cccc3ncccc23)nnc1-c1ccc(OC)cc1. The van der Waals surface area contributed by atoms with Gasteiger partial charge in [0, 0.05) is 23.7 Å². The molecule has 0 bridgehead atoms. The van der Waals surface area contributed by atoms with Crippen molar-refractivity contribution < 1.29 is 9.53 Å². The second-order valence-corrected chi connectivity index (χ2v) is 8.97. The Morgan fingerprint density at radius 2 is 1.94 bits per heavy atom. The van der Waals surface area contributed by atoms with E-state index in [1.165, 1.54) is 11.8 Å². The minimum Gasteiger partial charge on any atom is -0.497 e. The number of ether oxygens (including phenoxy) is 1. The van der Waals surface area contributed by atoms with Gasteiger partial charge in [-0.1, -0.05) is 31.2 Å². The Morgan fingerprint density at radius 1 is 1.12 bits per heavy atom. The molecule has 0 aliphatic carbocycles. The van der Waals surface area contributed by atoms with Crippen LogP contribution in [-0.4, -0.2) is 38.0 Å². The number of nitrogens with zero attached hydrogens (tertiary/aromatic N) is 4. The maximum atomic E-state index is 13.0. The number of nitrogens with one attached hydrogen (secondary N) is 1. The van der Waals surface area contributed by atoms with E-state index in [-0.39, 0.29) is 11.2 Å². The van der Waals surface area contributed by atoms with Crippen LogP contribution in [0.15, 0.2) is 66.0 Å². The molecule has 1 unspecified atom stereocenters. The Bertz CT molecular complexity index is 1230. The van der Waals surface area contributed by atoms with Crippen molar-refractivity contribution in [1.29, 1.82) is 0 Å². The molecule has 2 aromatic carbocycles. The molecule has 2 aromatic heterocycles. The molecule has 170 valence electrons. The van der Waals surface area contributed by atoms with Crippen LogP contribution in [0.1, 0.15) is 26.7 Å². The molecule has 33 heavy (non-hydrogen) atoms. The Balaban J connectivity index is 1.54. The lowest BCUT2D eigenvalue weighted by molar-refractivity contribution is -0.115. The van der Waals surface area contributed by atoms with Crippen LogP contribution in [-0.2, 0) is 11.3 Å². The van der Waals surface area contributed by atoms with Crippen LogP contribution in [0.2, 0.25) is 0 Å². The summed E-state index contributed by atoms with van der Waals surface area (Å²) in [4.78, 5) is 17.4. The van der Waals surface area contributed by atoms with Crippen molar-refractivity contribution in [3.63, 3.8) is 0 Å². The van der Waals surface area contributed by atoms with Crippen LogP contribution >= 0.6 is 11.8 Å². The topological polar surface area (TPSA) is 81.9 Å². The predicted molar refractivity (Wildman–Crippen MR) is 133 cm³/mol. The summed E-state index contributed by atoms with van der Waals surface area (Å²) in [5, 5.41) is 13.2. The third kappa shape index (κ3) is 5.17. The van der Waals surface area contributed by atoms with Crippen molar-refractivity contribution in [3.05, 3.63) is 60.8 Å². The molecule has 0 saturated heterocycles. The lowest BCUT2D eigenvalue weighted by Gasteiger charge is -2.14. The van der Waals surface area contributed by atoms with Gasteiger partial charge in [-0.25, -0.2) is 0 Å². The van der Waals surface area contributed by atoms with E-state index in [1.54, 1.807) is 13.3 Å². The molecular weight excluding hydrogens is 434 g/mol. The average molecular weight is 462 g/mol. The molecule has 0 spiro atoms. The molecule has 0 aliphatic rings. The van der Waals surface area contributed by atoms with Gasteiger partial charge in [-0.3, -0.25) is 9.78 Å². The summed E-state index contributed by atoms with van der Waals surface area (Å²) in [5.41, 5.74) is 2.56. The quantitative estimate of drug-likeness (QED) is 0.335. The summed E-state index contributed by atoms with van der Waals surface area (Å²) >= 11 is 1.41. The van der Waals surface area contributed by atoms with Crippen LogP contribution in [0.4, 0.5) is 5.69 Å². The third-order valence-corrected chi connectivity index (χ3v) is 6.44. The summed E-state index contributed by atoms with van der Waals surface area (Å²) in [5.74, 6) is 1.50. The van der Waals surface area contributed by atoms with Gasteiger partial charge < -0.3 is 14.6 Å². The van der Waals surface area contributed by atoms with Crippen LogP contribution in [0.25, 0.3) is 22.3 Å². The molecule has 0 fully saturated rings. The van der Waals surface area contributed by atoms with Crippen molar-refractivity contribution in [2.45, 2.75) is 43.6 Å². The fourth-order valence-corrected chi connectivity index (χ4v) is 4.38. The Kier molecular flexibility index (Phi) is 7.24. The van der Waals surface area contributed by atoms with E-state index in [0.717, 1.165) is 58.3 Å². The van der Waals surface area contributed by atoms with Gasteiger partial charge in [0.15, 0.2) is 11.0 Å². The molecule has 1 N–H and O–H groups in total. The van der Waals surface area contributed by atoms with E-state index in [0.29, 0.717) is 0 Å². The number of thioether (sulfide) groups is 1. The van der Waals surface area contributed by atoms with E-state index in [2.05, 4.69) is 32.0 Å². The molecule has 4 rings (SSSR count). The first-order valence-electron chi connectivity index (χ1n) is 11.0. The van der Waals surface area contributed by atoms with Crippen molar-refractivity contribution >= 4 is 34.3 Å². The maximum Gasteiger partial charge on any atom is 0.237 e. The van der Waals surface area contributed by atoms with E-state index in [4.69, 9.17) is 4.74 Å². The van der Waals surface area contributed by atoms with Crippen molar-refractivity contribution in [1.82, 2.24) is 19.7 Å². The number of fused-ring (bicyclic) bond motifs is 1. The molecule has 0 saturated carbocycles. The lowest BCUT2D eigenvalue weighted by Crippen LogP contribution is -2.23. The highest BCUT2D eigenvalue weighted by Crippen LogP contribution is 2.29. The number of amides is 1. The van der Waals surface area contributed by atoms with Gasteiger partial charge in [-0.2, -0.15) is 0 Å². The highest BCUT2D eigenvalue weighted by molar-refractivity contribution is 8.00. The average Bonchev–Trinajstić information content (AvgIpc) is 3.25. The van der Waals surface area contributed by atoms with Gasteiger partial charge in [0.1, 0.15) is 5.75 Å². The van der Waals surface area contributed by atoms with Crippen LogP contribution in [0.5, 0.6) is 5.75 Å². The zero-order chi connectivity index (χ0) is 23.2. The minimum absolute atomic E-state index is 0.0904. The highest BCUT2D eigenvalue weighted by Gasteiger charge is 2.21. The minimum atomic E-state index is -0.356. The number of pyridine rings is 1. The number of hydrogen-bond donors (Lipinski definition) is 1. The summed E-state index contributed by atoms with van der Waals surface area (Å²) in [6, 6.07) is 17.3. The third-order valence-electron chi connectivity index (χ3n) is 5.36. The molecular formula is C25H27N5O2S. The van der Waals surface area contributed by atoms with Gasteiger partial charge in [0.25, 0.3) is 0 Å². The van der Waals surface area contributed by atoms with Crippen LogP contribution < -0.4 is 10.1 Å². The maximum absolute atomic E-state index is 13.0. The standard InChI is InChI=1S/C25H27N5O2S/c1-4-5-16-30-23(18-11-13-19(32-3)14-12-18)28-29-25(30)33-17(2)24(31)27-22-10-6-9-21-20(22)8-7-15-26-21/h6-15,17H,4-5,16H2,1-3H3,(H,27,31). The van der Waals surface area contributed by atoms with Crippen molar-refractivity contribution in [3.8, 4) is 17.1 Å². The summed E-state index contributed by atoms with van der Waals surface area (Å²) in [7, 11) is 1.65. The number of benzene rings is 2. The predicted octanol–water partition coefficient (Wildman–Crippen LogP) is 5.42. The molecule has 0 radical (unpaired) electrons. The van der Waals surface area contributed by atoms with Gasteiger partial charge in [0.2, 0.25) is 5.91 Å². The molecule has 1 amide bonds. The first-order chi connectivity index (χ1) is 16.1. The molecule has 4 aromatic rings. The van der Waals surface area contributed by atoms with Gasteiger partial charge >= 0.3 is 0 Å². The fraction of sp³-hybridized carbons (Fsp3) is 0.280. The number of carbonyl (C=O) groups excluding carboxylic acids is 1. The molecule has 1 atom stereocenters. The fourth-order valence-electron chi connectivity index (χ4n) is 3.51. The second-order valence-electron chi connectivity index (χ2n) is 7.66. The largest absolute Gasteiger partial charge is 0.497 e. The van der Waals surface area contributed by atoms with Crippen molar-refractivity contribution in [2.24, 2.45) is 0 Å². The number of hydrogen-bond acceptors (Lipinski definition) is 6. The van der Waals surface area contributed by atoms with Crippen LogP contribution in [0.3, 0.4) is 0 Å². The number of aromatic nitrogens is 4. The summed E-state index contributed by atoms with van der Waals surface area (Å²) in [6.07, 6.45) is 3.80. The van der Waals surface area contributed by atoms with Gasteiger partial charge in [-0.15, -0.1) is 10.2 Å². The Labute approximate surface area is 197 Å². The zero-order valence-electron chi connectivity index (χ0n) is 19.0.